The molecular weight excluding hydrogens is 825 g/mol. The molecule has 6 heterocycles. The first-order chi connectivity index (χ1) is 29.7. The number of anilines is 2. The number of fused-ring (bicyclic) bond motifs is 1. The third-order valence-electron chi connectivity index (χ3n) is 9.87. The van der Waals surface area contributed by atoms with Gasteiger partial charge in [-0.3, -0.25) is 23.9 Å². The van der Waals surface area contributed by atoms with Crippen molar-refractivity contribution in [3.63, 3.8) is 0 Å². The van der Waals surface area contributed by atoms with Crippen molar-refractivity contribution in [2.45, 2.75) is 44.2 Å². The number of halogens is 6. The van der Waals surface area contributed by atoms with E-state index >= 15 is 0 Å². The number of aryl methyl sites for hydroxylation is 1. The number of benzene rings is 2. The van der Waals surface area contributed by atoms with Crippen LogP contribution in [-0.2, 0) is 18.8 Å². The number of amides is 2. The first-order valence-corrected chi connectivity index (χ1v) is 18.7. The quantitative estimate of drug-likeness (QED) is 0.133. The molecule has 62 heavy (non-hydrogen) atoms. The maximum atomic E-state index is 13.5. The number of nitrogens with zero attached hydrogens (tertiary/aromatic N) is 7. The number of alkyl halides is 6. The number of carbonyl (C=O) groups excluding carboxylic acids is 2. The van der Waals surface area contributed by atoms with Crippen LogP contribution in [0.5, 0.6) is 0 Å². The molecule has 0 saturated heterocycles. The Morgan fingerprint density at radius 1 is 0.758 bits per heavy atom. The van der Waals surface area contributed by atoms with Gasteiger partial charge in [0, 0.05) is 42.5 Å². The van der Waals surface area contributed by atoms with Gasteiger partial charge >= 0.3 is 12.4 Å². The van der Waals surface area contributed by atoms with Gasteiger partial charge in [-0.05, 0) is 72.9 Å². The van der Waals surface area contributed by atoms with Gasteiger partial charge in [-0.25, -0.2) is 0 Å². The largest absolute Gasteiger partial charge is 0.461 e. The van der Waals surface area contributed by atoms with E-state index in [9.17, 15) is 35.9 Å². The van der Waals surface area contributed by atoms with Gasteiger partial charge in [0.1, 0.15) is 0 Å². The SMILES string of the molecule is CC(c1ccc(C(F)(F)F)cc1C(F)(F)F)n1cc(NC(=O)c2cc(-c3cccnc3)on2)cn1.O=C(Nc1cnn(C2CCc3ccccc32)c1)c1cc(-c2ccco2)on1. The van der Waals surface area contributed by atoms with Crippen LogP contribution in [-0.4, -0.2) is 46.7 Å². The highest BCUT2D eigenvalue weighted by molar-refractivity contribution is 6.03. The number of rotatable bonds is 9. The Balaban J connectivity index is 0.000000176. The zero-order valence-electron chi connectivity index (χ0n) is 32.1. The normalized spacial score (nSPS) is 14.1. The molecule has 2 aromatic carbocycles. The van der Waals surface area contributed by atoms with Crippen molar-refractivity contribution in [2.24, 2.45) is 0 Å². The predicted molar refractivity (Wildman–Crippen MR) is 207 cm³/mol. The van der Waals surface area contributed by atoms with Gasteiger partial charge < -0.3 is 24.1 Å². The topological polar surface area (TPSA) is 172 Å². The van der Waals surface area contributed by atoms with Crippen molar-refractivity contribution < 1.29 is 49.4 Å². The number of hydrogen-bond acceptors (Lipinski definition) is 10. The minimum atomic E-state index is -5.02. The molecule has 8 aromatic rings. The summed E-state index contributed by atoms with van der Waals surface area (Å²) in [6.07, 6.45) is 2.64. The van der Waals surface area contributed by atoms with E-state index in [1.807, 2.05) is 16.9 Å². The lowest BCUT2D eigenvalue weighted by atomic mass is 9.98. The second-order valence-corrected chi connectivity index (χ2v) is 13.9. The molecule has 20 heteroatoms. The van der Waals surface area contributed by atoms with Crippen LogP contribution < -0.4 is 10.6 Å². The van der Waals surface area contributed by atoms with Crippen LogP contribution in [0.3, 0.4) is 0 Å². The Morgan fingerprint density at radius 3 is 2.16 bits per heavy atom. The molecule has 0 aliphatic heterocycles. The highest BCUT2D eigenvalue weighted by Gasteiger charge is 2.39. The molecule has 2 atom stereocenters. The molecule has 9 rings (SSSR count). The Bertz CT molecular complexity index is 2830. The van der Waals surface area contributed by atoms with E-state index in [2.05, 4.69) is 54.3 Å². The monoisotopic (exact) mass is 855 g/mol. The number of nitrogens with one attached hydrogen (secondary N) is 2. The van der Waals surface area contributed by atoms with E-state index in [0.717, 1.165) is 23.6 Å². The molecule has 2 N–H and O–H groups in total. The zero-order valence-corrected chi connectivity index (χ0v) is 32.1. The van der Waals surface area contributed by atoms with E-state index < -0.39 is 41.0 Å². The smallest absolute Gasteiger partial charge is 0.416 e. The summed E-state index contributed by atoms with van der Waals surface area (Å²) >= 11 is 0. The Labute approximate surface area is 346 Å². The van der Waals surface area contributed by atoms with Gasteiger partial charge in [0.05, 0.1) is 53.2 Å². The Kier molecular flexibility index (Phi) is 11.0. The van der Waals surface area contributed by atoms with Crippen molar-refractivity contribution >= 4 is 23.2 Å². The summed E-state index contributed by atoms with van der Waals surface area (Å²) in [6, 6.07) is 18.7. The van der Waals surface area contributed by atoms with Crippen LogP contribution in [0.25, 0.3) is 22.8 Å². The van der Waals surface area contributed by atoms with E-state index in [-0.39, 0.29) is 35.1 Å². The molecule has 2 unspecified atom stereocenters. The van der Waals surface area contributed by atoms with E-state index in [4.69, 9.17) is 13.5 Å². The summed E-state index contributed by atoms with van der Waals surface area (Å²) in [6.45, 7) is 1.34. The summed E-state index contributed by atoms with van der Waals surface area (Å²) in [4.78, 5) is 28.8. The van der Waals surface area contributed by atoms with Gasteiger partial charge in [-0.1, -0.05) is 40.6 Å². The molecule has 2 amide bonds. The predicted octanol–water partition coefficient (Wildman–Crippen LogP) is 9.75. The van der Waals surface area contributed by atoms with Crippen LogP contribution >= 0.6 is 0 Å². The van der Waals surface area contributed by atoms with Crippen molar-refractivity contribution in [1.82, 2.24) is 34.9 Å². The molecule has 14 nitrogen and oxygen atoms in total. The van der Waals surface area contributed by atoms with E-state index in [0.29, 0.717) is 34.6 Å². The second kappa shape index (κ2) is 16.7. The van der Waals surface area contributed by atoms with Crippen molar-refractivity contribution in [1.29, 1.82) is 0 Å². The van der Waals surface area contributed by atoms with Gasteiger partial charge in [-0.2, -0.15) is 36.5 Å². The van der Waals surface area contributed by atoms with Gasteiger partial charge in [0.2, 0.25) is 5.76 Å². The minimum absolute atomic E-state index is 0.0632. The number of aromatic nitrogens is 7. The van der Waals surface area contributed by atoms with Crippen LogP contribution in [0.15, 0.2) is 136 Å². The maximum Gasteiger partial charge on any atom is 0.416 e. The average molecular weight is 856 g/mol. The fourth-order valence-electron chi connectivity index (χ4n) is 6.82. The van der Waals surface area contributed by atoms with Crippen molar-refractivity contribution in [2.75, 3.05) is 10.6 Å². The van der Waals surface area contributed by atoms with Crippen LogP contribution in [0.4, 0.5) is 37.7 Å². The highest BCUT2D eigenvalue weighted by Crippen LogP contribution is 2.40. The van der Waals surface area contributed by atoms with Gasteiger partial charge in [0.15, 0.2) is 22.9 Å². The number of carbonyl (C=O) groups is 2. The fraction of sp³-hybridized carbons (Fsp3) is 0.167. The van der Waals surface area contributed by atoms with Crippen LogP contribution in [0.1, 0.15) is 74.2 Å². The van der Waals surface area contributed by atoms with Gasteiger partial charge in [0.25, 0.3) is 11.8 Å². The van der Waals surface area contributed by atoms with Crippen LogP contribution in [0, 0.1) is 0 Å². The third-order valence-corrected chi connectivity index (χ3v) is 9.87. The molecular formula is C42H31F6N9O5. The van der Waals surface area contributed by atoms with E-state index in [1.54, 1.807) is 42.7 Å². The summed E-state index contributed by atoms with van der Waals surface area (Å²) in [5.41, 5.74) is 0.864. The van der Waals surface area contributed by atoms with Crippen molar-refractivity contribution in [3.05, 3.63) is 162 Å². The fourth-order valence-corrected chi connectivity index (χ4v) is 6.82. The molecule has 0 fully saturated rings. The Morgan fingerprint density at radius 2 is 1.47 bits per heavy atom. The molecule has 0 saturated carbocycles. The van der Waals surface area contributed by atoms with Crippen molar-refractivity contribution in [3.8, 4) is 22.8 Å². The lowest BCUT2D eigenvalue weighted by molar-refractivity contribution is -0.143. The first-order valence-electron chi connectivity index (χ1n) is 18.7. The molecule has 1 aliphatic carbocycles. The highest BCUT2D eigenvalue weighted by atomic mass is 19.4. The summed E-state index contributed by atoms with van der Waals surface area (Å²) in [7, 11) is 0. The minimum Gasteiger partial charge on any atom is -0.461 e. The van der Waals surface area contributed by atoms with Crippen LogP contribution in [0.2, 0.25) is 0 Å². The lowest BCUT2D eigenvalue weighted by Gasteiger charge is -2.20. The second-order valence-electron chi connectivity index (χ2n) is 13.9. The Hall–Kier alpha value is -7.77. The number of hydrogen-bond donors (Lipinski definition) is 2. The first kappa shape index (κ1) is 41.0. The third kappa shape index (κ3) is 8.88. The maximum absolute atomic E-state index is 13.5. The lowest BCUT2D eigenvalue weighted by Crippen LogP contribution is -2.17. The molecule has 0 bridgehead atoms. The summed E-state index contributed by atoms with van der Waals surface area (Å²) in [5.74, 6) is 0.205. The number of furan rings is 1. The summed E-state index contributed by atoms with van der Waals surface area (Å²) < 4.78 is 97.9. The molecule has 316 valence electrons. The standard InChI is InChI=1S/C22H15F6N5O2.C20H16N4O3/c1-12(16-5-4-14(21(23,24)25)7-17(16)22(26,27)28)33-11-15(10-30-33)31-20(34)18-8-19(35-32-18)13-3-2-6-29-9-13;25-20(16-10-19(27-23-16)18-6-3-9-26-18)22-14-11-21-24(12-14)17-8-7-13-4-1-2-5-15(13)17/h2-12H,1H3,(H,31,34);1-6,9-12,17H,7-8H2,(H,22,25). The molecule has 1 aliphatic rings. The zero-order chi connectivity index (χ0) is 43.6. The van der Waals surface area contributed by atoms with E-state index in [1.165, 1.54) is 49.0 Å². The molecule has 0 radical (unpaired) electrons. The number of pyridine rings is 1. The van der Waals surface area contributed by atoms with Gasteiger partial charge in [-0.15, -0.1) is 0 Å². The molecule has 0 spiro atoms. The molecule has 6 aromatic heterocycles. The average Bonchev–Trinajstić information content (AvgIpc) is 4.11. The summed E-state index contributed by atoms with van der Waals surface area (Å²) in [5, 5.41) is 21.2.